The van der Waals surface area contributed by atoms with Gasteiger partial charge >= 0.3 is 0 Å². The maximum Gasteiger partial charge on any atom is 0.294 e. The van der Waals surface area contributed by atoms with Crippen LogP contribution in [0.1, 0.15) is 25.3 Å². The lowest BCUT2D eigenvalue weighted by Crippen LogP contribution is -2.46. The number of hydrogen-bond acceptors (Lipinski definition) is 6. The Labute approximate surface area is 168 Å². The van der Waals surface area contributed by atoms with Crippen LogP contribution < -0.4 is 4.74 Å². The number of imide groups is 1. The molecule has 0 N–H and O–H groups in total. The monoisotopic (exact) mass is 404 g/mol. The minimum atomic E-state index is -0.431. The summed E-state index contributed by atoms with van der Waals surface area (Å²) >= 11 is 0.858. The molecule has 0 spiro atoms. The van der Waals surface area contributed by atoms with Crippen LogP contribution in [0.2, 0.25) is 0 Å². The summed E-state index contributed by atoms with van der Waals surface area (Å²) in [6, 6.07) is 7.36. The molecule has 150 valence electrons. The number of unbranched alkanes of at least 4 members (excludes halogenated alkanes) is 1. The maximum atomic E-state index is 12.6. The van der Waals surface area contributed by atoms with E-state index >= 15 is 0 Å². The minimum absolute atomic E-state index is 0.230. The van der Waals surface area contributed by atoms with E-state index in [1.807, 2.05) is 24.3 Å². The molecule has 2 aliphatic rings. The maximum absolute atomic E-state index is 12.6. The Bertz CT molecular complexity index is 756. The number of carbonyl (C=O) groups is 3. The third kappa shape index (κ3) is 5.14. The van der Waals surface area contributed by atoms with Gasteiger partial charge in [0.2, 0.25) is 5.91 Å². The average Bonchev–Trinajstić information content (AvgIpc) is 2.97. The number of hydrogen-bond donors (Lipinski definition) is 0. The van der Waals surface area contributed by atoms with Crippen LogP contribution in [0.5, 0.6) is 5.75 Å². The molecule has 1 aromatic carbocycles. The van der Waals surface area contributed by atoms with Gasteiger partial charge in [-0.15, -0.1) is 0 Å². The first-order valence-electron chi connectivity index (χ1n) is 9.42. The molecular weight excluding hydrogens is 380 g/mol. The third-order valence-corrected chi connectivity index (χ3v) is 5.38. The number of benzene rings is 1. The molecule has 0 bridgehead atoms. The average molecular weight is 404 g/mol. The van der Waals surface area contributed by atoms with Gasteiger partial charge in [-0.05, 0) is 42.0 Å². The second-order valence-electron chi connectivity index (χ2n) is 6.53. The summed E-state index contributed by atoms with van der Waals surface area (Å²) in [7, 11) is 0. The van der Waals surface area contributed by atoms with Gasteiger partial charge in [-0.1, -0.05) is 25.5 Å². The van der Waals surface area contributed by atoms with Crippen molar-refractivity contribution in [1.29, 1.82) is 0 Å². The molecule has 2 heterocycles. The zero-order valence-electron chi connectivity index (χ0n) is 15.9. The molecule has 0 aliphatic carbocycles. The van der Waals surface area contributed by atoms with Gasteiger partial charge in [0, 0.05) is 13.1 Å². The minimum Gasteiger partial charge on any atom is -0.494 e. The molecular formula is C20H24N2O5S. The Hall–Kier alpha value is -2.32. The first-order valence-corrected chi connectivity index (χ1v) is 10.2. The fourth-order valence-electron chi connectivity index (χ4n) is 2.83. The fraction of sp³-hybridized carbons (Fsp3) is 0.450. The predicted molar refractivity (Wildman–Crippen MR) is 107 cm³/mol. The number of carbonyl (C=O) groups excluding carboxylic acids is 3. The van der Waals surface area contributed by atoms with Crippen molar-refractivity contribution in [3.8, 4) is 5.75 Å². The van der Waals surface area contributed by atoms with Crippen molar-refractivity contribution in [2.45, 2.75) is 19.8 Å². The molecule has 0 saturated carbocycles. The summed E-state index contributed by atoms with van der Waals surface area (Å²) in [5.41, 5.74) is 0.799. The van der Waals surface area contributed by atoms with Crippen LogP contribution in [0.15, 0.2) is 29.2 Å². The number of thioether (sulfide) groups is 1. The van der Waals surface area contributed by atoms with E-state index in [0.717, 1.165) is 40.8 Å². The van der Waals surface area contributed by atoms with Crippen molar-refractivity contribution in [1.82, 2.24) is 9.80 Å². The van der Waals surface area contributed by atoms with E-state index in [4.69, 9.17) is 9.47 Å². The van der Waals surface area contributed by atoms with Crippen LogP contribution >= 0.6 is 11.8 Å². The zero-order valence-corrected chi connectivity index (χ0v) is 16.7. The molecule has 0 atom stereocenters. The van der Waals surface area contributed by atoms with E-state index in [1.165, 1.54) is 0 Å². The summed E-state index contributed by atoms with van der Waals surface area (Å²) in [6.07, 6.45) is 3.74. The molecule has 0 unspecified atom stereocenters. The Morgan fingerprint density at radius 3 is 2.61 bits per heavy atom. The highest BCUT2D eigenvalue weighted by Crippen LogP contribution is 2.32. The molecule has 2 fully saturated rings. The first kappa shape index (κ1) is 20.4. The molecule has 28 heavy (non-hydrogen) atoms. The lowest BCUT2D eigenvalue weighted by molar-refractivity contribution is -0.139. The summed E-state index contributed by atoms with van der Waals surface area (Å²) in [5, 5.41) is -0.419. The second kappa shape index (κ2) is 9.75. The van der Waals surface area contributed by atoms with Crippen LogP contribution in [-0.2, 0) is 14.3 Å². The van der Waals surface area contributed by atoms with Crippen molar-refractivity contribution >= 4 is 34.9 Å². The van der Waals surface area contributed by atoms with Crippen LogP contribution in [0.4, 0.5) is 4.79 Å². The van der Waals surface area contributed by atoms with Crippen molar-refractivity contribution in [3.63, 3.8) is 0 Å². The van der Waals surface area contributed by atoms with Crippen LogP contribution in [-0.4, -0.2) is 66.3 Å². The molecule has 3 rings (SSSR count). The number of morpholine rings is 1. The van der Waals surface area contributed by atoms with Gasteiger partial charge < -0.3 is 14.4 Å². The Kier molecular flexibility index (Phi) is 7.11. The fourth-order valence-corrected chi connectivity index (χ4v) is 3.67. The van der Waals surface area contributed by atoms with Gasteiger partial charge in [0.15, 0.2) is 0 Å². The first-order chi connectivity index (χ1) is 13.6. The lowest BCUT2D eigenvalue weighted by Gasteiger charge is -2.28. The van der Waals surface area contributed by atoms with E-state index in [-0.39, 0.29) is 12.5 Å². The van der Waals surface area contributed by atoms with Gasteiger partial charge in [-0.25, -0.2) is 0 Å². The molecule has 7 nitrogen and oxygen atoms in total. The van der Waals surface area contributed by atoms with Crippen molar-refractivity contribution in [2.24, 2.45) is 0 Å². The summed E-state index contributed by atoms with van der Waals surface area (Å²) in [4.78, 5) is 40.1. The Morgan fingerprint density at radius 1 is 1.21 bits per heavy atom. The Morgan fingerprint density at radius 2 is 1.93 bits per heavy atom. The number of ether oxygens (including phenoxy) is 2. The van der Waals surface area contributed by atoms with Gasteiger partial charge in [-0.2, -0.15) is 0 Å². The van der Waals surface area contributed by atoms with Gasteiger partial charge in [0.05, 0.1) is 24.7 Å². The highest BCUT2D eigenvalue weighted by Gasteiger charge is 2.37. The van der Waals surface area contributed by atoms with Crippen LogP contribution in [0, 0.1) is 0 Å². The lowest BCUT2D eigenvalue weighted by atomic mass is 10.2. The highest BCUT2D eigenvalue weighted by molar-refractivity contribution is 8.18. The van der Waals surface area contributed by atoms with Gasteiger partial charge in [0.1, 0.15) is 12.3 Å². The molecule has 0 radical (unpaired) electrons. The van der Waals surface area contributed by atoms with Crippen molar-refractivity contribution < 1.29 is 23.9 Å². The predicted octanol–water partition coefficient (Wildman–Crippen LogP) is 2.76. The second-order valence-corrected chi connectivity index (χ2v) is 7.53. The topological polar surface area (TPSA) is 76.2 Å². The molecule has 2 aliphatic heterocycles. The summed E-state index contributed by atoms with van der Waals surface area (Å²) in [5.74, 6) is 0.107. The smallest absolute Gasteiger partial charge is 0.294 e. The molecule has 8 heteroatoms. The molecule has 0 aromatic heterocycles. The third-order valence-electron chi connectivity index (χ3n) is 4.48. The summed E-state index contributed by atoms with van der Waals surface area (Å²) < 4.78 is 10.8. The highest BCUT2D eigenvalue weighted by atomic mass is 32.2. The van der Waals surface area contributed by atoms with Crippen LogP contribution in [0.25, 0.3) is 6.08 Å². The summed E-state index contributed by atoms with van der Waals surface area (Å²) in [6.45, 7) is 4.47. The van der Waals surface area contributed by atoms with Gasteiger partial charge in [0.25, 0.3) is 11.1 Å². The molecule has 3 amide bonds. The Balaban J connectivity index is 1.61. The zero-order chi connectivity index (χ0) is 19.9. The van der Waals surface area contributed by atoms with E-state index in [2.05, 4.69) is 6.92 Å². The quantitative estimate of drug-likeness (QED) is 0.514. The van der Waals surface area contributed by atoms with Crippen molar-refractivity contribution in [3.05, 3.63) is 34.7 Å². The van der Waals surface area contributed by atoms with E-state index in [0.29, 0.717) is 37.8 Å². The van der Waals surface area contributed by atoms with Crippen molar-refractivity contribution in [2.75, 3.05) is 39.5 Å². The normalized spacial score (nSPS) is 18.8. The van der Waals surface area contributed by atoms with Gasteiger partial charge in [-0.3, -0.25) is 19.3 Å². The van der Waals surface area contributed by atoms with E-state index < -0.39 is 11.1 Å². The number of nitrogens with zero attached hydrogens (tertiary/aromatic N) is 2. The largest absolute Gasteiger partial charge is 0.494 e. The standard InChI is InChI=1S/C20H24N2O5S/c1-2-3-10-27-16-6-4-15(5-7-16)13-17-19(24)22(20(25)28-17)14-18(23)21-8-11-26-12-9-21/h4-7,13H,2-3,8-12,14H2,1H3. The van der Waals surface area contributed by atoms with E-state index in [1.54, 1.807) is 11.0 Å². The molecule has 1 aromatic rings. The van der Waals surface area contributed by atoms with Crippen LogP contribution in [0.3, 0.4) is 0 Å². The molecule has 2 saturated heterocycles. The SMILES string of the molecule is CCCCOc1ccc(C=C2SC(=O)N(CC(=O)N3CCOCC3)C2=O)cc1. The van der Waals surface area contributed by atoms with E-state index in [9.17, 15) is 14.4 Å². The number of rotatable bonds is 7. The number of amides is 3.